The molecule has 0 aromatic heterocycles. The number of carboxylic acid groups (broad SMARTS) is 1. The normalized spacial score (nSPS) is 12.0. The van der Waals surface area contributed by atoms with E-state index in [1.54, 1.807) is 0 Å². The number of halogens is 1. The topological polar surface area (TPSA) is 127 Å². The van der Waals surface area contributed by atoms with Crippen LogP contribution in [0.2, 0.25) is 0 Å². The van der Waals surface area contributed by atoms with Gasteiger partial charge in [0.25, 0.3) is 0 Å². The summed E-state index contributed by atoms with van der Waals surface area (Å²) >= 11 is 0. The number of ether oxygens (including phenoxy) is 1. The lowest BCUT2D eigenvalue weighted by molar-refractivity contribution is -0.138. The minimum absolute atomic E-state index is 0.178. The van der Waals surface area contributed by atoms with Crippen molar-refractivity contribution in [2.24, 2.45) is 0 Å². The molecule has 2 rings (SSSR count). The number of benzene rings is 2. The summed E-state index contributed by atoms with van der Waals surface area (Å²) in [5.41, 5.74) is -0.619. The number of rotatable bonds is 4. The van der Waals surface area contributed by atoms with E-state index in [9.17, 15) is 29.6 Å². The van der Waals surface area contributed by atoms with Crippen LogP contribution >= 0.6 is 0 Å². The van der Waals surface area contributed by atoms with Gasteiger partial charge in [-0.05, 0) is 18.6 Å². The van der Waals surface area contributed by atoms with Crippen LogP contribution < -0.4 is 4.74 Å². The van der Waals surface area contributed by atoms with E-state index in [4.69, 9.17) is 9.84 Å². The molecule has 0 fully saturated rings. The number of hydrogen-bond donors (Lipinski definition) is 5. The second-order valence-corrected chi connectivity index (χ2v) is 5.10. The third-order valence-corrected chi connectivity index (χ3v) is 3.69. The number of phenols is 4. The van der Waals surface area contributed by atoms with Gasteiger partial charge in [-0.2, -0.15) is 0 Å². The van der Waals surface area contributed by atoms with Gasteiger partial charge in [-0.25, -0.2) is 4.39 Å². The zero-order valence-corrected chi connectivity index (χ0v) is 12.7. The fourth-order valence-corrected chi connectivity index (χ4v) is 2.27. The van der Waals surface area contributed by atoms with Crippen LogP contribution in [-0.4, -0.2) is 38.6 Å². The molecule has 0 heterocycles. The quantitative estimate of drug-likeness (QED) is 0.428. The maximum Gasteiger partial charge on any atom is 0.310 e. The molecule has 0 saturated heterocycles. The number of aromatic hydroxyl groups is 4. The Balaban J connectivity index is 2.69. The third-order valence-electron chi connectivity index (χ3n) is 3.69. The Labute approximate surface area is 135 Å². The Morgan fingerprint density at radius 2 is 1.71 bits per heavy atom. The van der Waals surface area contributed by atoms with Crippen molar-refractivity contribution >= 4 is 5.97 Å². The number of methoxy groups -OCH3 is 1. The maximum absolute atomic E-state index is 14.4. The zero-order valence-electron chi connectivity index (χ0n) is 12.7. The first-order chi connectivity index (χ1) is 11.2. The predicted molar refractivity (Wildman–Crippen MR) is 81.1 cm³/mol. The highest BCUT2D eigenvalue weighted by Crippen LogP contribution is 2.55. The molecule has 24 heavy (non-hydrogen) atoms. The summed E-state index contributed by atoms with van der Waals surface area (Å²) in [5.74, 6) is -7.17. The molecule has 0 spiro atoms. The lowest BCUT2D eigenvalue weighted by Crippen LogP contribution is -2.07. The summed E-state index contributed by atoms with van der Waals surface area (Å²) in [6.45, 7) is 1.38. The molecule has 128 valence electrons. The first-order valence-corrected chi connectivity index (χ1v) is 6.77. The fourth-order valence-electron chi connectivity index (χ4n) is 2.27. The highest BCUT2D eigenvalue weighted by molar-refractivity contribution is 5.86. The second-order valence-electron chi connectivity index (χ2n) is 5.10. The van der Waals surface area contributed by atoms with E-state index in [0.29, 0.717) is 0 Å². The van der Waals surface area contributed by atoms with Gasteiger partial charge in [-0.3, -0.25) is 4.79 Å². The number of carbonyl (C=O) groups is 1. The van der Waals surface area contributed by atoms with Crippen LogP contribution in [0.25, 0.3) is 11.1 Å². The van der Waals surface area contributed by atoms with Crippen LogP contribution in [0.5, 0.6) is 28.7 Å². The predicted octanol–water partition coefficient (Wildman–Crippen LogP) is 2.51. The number of phenolic OH excluding ortho intramolecular Hbond substituents is 4. The van der Waals surface area contributed by atoms with Gasteiger partial charge in [-0.15, -0.1) is 0 Å². The van der Waals surface area contributed by atoms with Gasteiger partial charge in [0, 0.05) is 5.56 Å². The average Bonchev–Trinajstić information content (AvgIpc) is 2.54. The SMILES string of the molecule is COc1c(O)c(O)c(O)c(-c2ccc(C(C)C(=O)O)cc2F)c1O. The second kappa shape index (κ2) is 6.15. The van der Waals surface area contributed by atoms with Gasteiger partial charge in [-0.1, -0.05) is 12.1 Å². The largest absolute Gasteiger partial charge is 0.504 e. The van der Waals surface area contributed by atoms with E-state index >= 15 is 0 Å². The Hall–Kier alpha value is -3.16. The summed E-state index contributed by atoms with van der Waals surface area (Å²) in [6, 6.07) is 3.41. The number of aliphatic carboxylic acids is 1. The highest BCUT2D eigenvalue weighted by atomic mass is 19.1. The summed E-state index contributed by atoms with van der Waals surface area (Å²) < 4.78 is 19.1. The van der Waals surface area contributed by atoms with Gasteiger partial charge in [0.05, 0.1) is 18.6 Å². The van der Waals surface area contributed by atoms with Crippen molar-refractivity contribution in [3.05, 3.63) is 29.6 Å². The molecule has 0 aliphatic heterocycles. The van der Waals surface area contributed by atoms with Crippen molar-refractivity contribution in [3.8, 4) is 39.9 Å². The van der Waals surface area contributed by atoms with Crippen LogP contribution in [0, 0.1) is 5.82 Å². The molecule has 0 aliphatic rings. The van der Waals surface area contributed by atoms with Crippen molar-refractivity contribution in [1.82, 2.24) is 0 Å². The van der Waals surface area contributed by atoms with Gasteiger partial charge in [0.15, 0.2) is 11.5 Å². The number of hydrogen-bond acceptors (Lipinski definition) is 6. The molecule has 0 saturated carbocycles. The maximum atomic E-state index is 14.4. The molecule has 0 bridgehead atoms. The monoisotopic (exact) mass is 338 g/mol. The minimum atomic E-state index is -1.14. The van der Waals surface area contributed by atoms with E-state index in [1.807, 2.05) is 0 Å². The molecular weight excluding hydrogens is 323 g/mol. The first-order valence-electron chi connectivity index (χ1n) is 6.77. The van der Waals surface area contributed by atoms with Crippen molar-refractivity contribution in [2.75, 3.05) is 7.11 Å². The lowest BCUT2D eigenvalue weighted by atomic mass is 9.95. The summed E-state index contributed by atoms with van der Waals surface area (Å²) in [6.07, 6.45) is 0. The Morgan fingerprint density at radius 3 is 2.21 bits per heavy atom. The van der Waals surface area contributed by atoms with E-state index in [2.05, 4.69) is 0 Å². The molecule has 1 atom stereocenters. The molecule has 0 aliphatic carbocycles. The summed E-state index contributed by atoms with van der Waals surface area (Å²) in [5, 5.41) is 48.3. The molecule has 2 aromatic rings. The minimum Gasteiger partial charge on any atom is -0.504 e. The van der Waals surface area contributed by atoms with E-state index < -0.39 is 52.0 Å². The van der Waals surface area contributed by atoms with Crippen LogP contribution in [0.1, 0.15) is 18.4 Å². The van der Waals surface area contributed by atoms with E-state index in [0.717, 1.165) is 19.2 Å². The zero-order chi connectivity index (χ0) is 18.2. The van der Waals surface area contributed by atoms with Crippen molar-refractivity contribution in [2.45, 2.75) is 12.8 Å². The van der Waals surface area contributed by atoms with Gasteiger partial charge in [0.2, 0.25) is 17.2 Å². The van der Waals surface area contributed by atoms with Gasteiger partial charge in [0.1, 0.15) is 5.82 Å². The Morgan fingerprint density at radius 1 is 1.08 bits per heavy atom. The van der Waals surface area contributed by atoms with Crippen LogP contribution in [0.4, 0.5) is 4.39 Å². The summed E-state index contributed by atoms with van der Waals surface area (Å²) in [7, 11) is 1.10. The van der Waals surface area contributed by atoms with Crippen LogP contribution in [0.3, 0.4) is 0 Å². The van der Waals surface area contributed by atoms with Crippen LogP contribution in [-0.2, 0) is 4.79 Å². The Bertz CT molecular complexity index is 817. The standard InChI is InChI=1S/C16H15FO7/c1-6(16(22)23)7-3-4-8(9(17)5-7)10-11(18)13(20)14(21)15(24-2)12(10)19/h3-6,18-21H,1-2H3,(H,22,23). The molecular formula is C16H15FO7. The molecule has 8 heteroatoms. The van der Waals surface area contributed by atoms with Crippen molar-refractivity contribution in [1.29, 1.82) is 0 Å². The fraction of sp³-hybridized carbons (Fsp3) is 0.188. The van der Waals surface area contributed by atoms with Gasteiger partial charge < -0.3 is 30.3 Å². The highest BCUT2D eigenvalue weighted by Gasteiger charge is 2.27. The third kappa shape index (κ3) is 2.62. The Kier molecular flexibility index (Phi) is 4.41. The molecule has 0 radical (unpaired) electrons. The smallest absolute Gasteiger partial charge is 0.310 e. The molecule has 0 amide bonds. The van der Waals surface area contributed by atoms with E-state index in [-0.39, 0.29) is 11.1 Å². The van der Waals surface area contributed by atoms with Gasteiger partial charge >= 0.3 is 5.97 Å². The van der Waals surface area contributed by atoms with Crippen molar-refractivity contribution in [3.63, 3.8) is 0 Å². The molecule has 1 unspecified atom stereocenters. The van der Waals surface area contributed by atoms with E-state index in [1.165, 1.54) is 13.0 Å². The average molecular weight is 338 g/mol. The molecule has 7 nitrogen and oxygen atoms in total. The first kappa shape index (κ1) is 17.2. The number of carboxylic acids is 1. The van der Waals surface area contributed by atoms with Crippen LogP contribution in [0.15, 0.2) is 18.2 Å². The molecule has 5 N–H and O–H groups in total. The lowest BCUT2D eigenvalue weighted by Gasteiger charge is -2.16. The molecule has 2 aromatic carbocycles. The van der Waals surface area contributed by atoms with Crippen molar-refractivity contribution < 1.29 is 39.5 Å². The summed E-state index contributed by atoms with van der Waals surface area (Å²) in [4.78, 5) is 11.0.